The Labute approximate surface area is 169 Å². The van der Waals surface area contributed by atoms with E-state index in [0.717, 1.165) is 11.4 Å². The van der Waals surface area contributed by atoms with Gasteiger partial charge in [0.1, 0.15) is 5.75 Å². The van der Waals surface area contributed by atoms with E-state index in [1.54, 1.807) is 18.1 Å². The van der Waals surface area contributed by atoms with Gasteiger partial charge >= 0.3 is 5.97 Å². The van der Waals surface area contributed by atoms with Crippen molar-refractivity contribution in [3.63, 3.8) is 0 Å². The summed E-state index contributed by atoms with van der Waals surface area (Å²) < 4.78 is 10.7. The number of rotatable bonds is 5. The zero-order chi connectivity index (χ0) is 20.4. The molecule has 4 rings (SSSR count). The van der Waals surface area contributed by atoms with Crippen LogP contribution < -0.4 is 10.1 Å². The maximum atomic E-state index is 13.3. The number of carbonyl (C=O) groups is 2. The van der Waals surface area contributed by atoms with Crippen molar-refractivity contribution in [3.8, 4) is 5.75 Å². The molecular formula is C22H24N2O5. The van der Waals surface area contributed by atoms with Crippen LogP contribution in [0.5, 0.6) is 5.75 Å². The molecule has 2 atom stereocenters. The van der Waals surface area contributed by atoms with Crippen LogP contribution in [0.4, 0.5) is 11.4 Å². The molecule has 0 radical (unpaired) electrons. The fraction of sp³-hybridized carbons (Fsp3) is 0.364. The Kier molecular flexibility index (Phi) is 5.15. The molecule has 152 valence electrons. The van der Waals surface area contributed by atoms with Crippen molar-refractivity contribution in [2.45, 2.75) is 6.42 Å². The van der Waals surface area contributed by atoms with Crippen LogP contribution in [0.3, 0.4) is 0 Å². The summed E-state index contributed by atoms with van der Waals surface area (Å²) >= 11 is 0. The van der Waals surface area contributed by atoms with Crippen LogP contribution in [-0.4, -0.2) is 55.3 Å². The van der Waals surface area contributed by atoms with E-state index in [4.69, 9.17) is 9.47 Å². The molecule has 7 heteroatoms. The number of hydrogen-bond donors (Lipinski definition) is 2. The number of hydrogen-bond acceptors (Lipinski definition) is 5. The summed E-state index contributed by atoms with van der Waals surface area (Å²) in [5.74, 6) is -0.442. The summed E-state index contributed by atoms with van der Waals surface area (Å²) in [5, 5.41) is 13.1. The van der Waals surface area contributed by atoms with Crippen LogP contribution >= 0.6 is 0 Å². The molecule has 0 aliphatic carbocycles. The number of nitrogens with one attached hydrogen (secondary N) is 1. The van der Waals surface area contributed by atoms with Crippen molar-refractivity contribution in [1.82, 2.24) is 4.90 Å². The Bertz CT molecular complexity index is 914. The molecule has 0 aromatic heterocycles. The summed E-state index contributed by atoms with van der Waals surface area (Å²) in [5.41, 5.74) is 1.12. The van der Waals surface area contributed by atoms with E-state index < -0.39 is 11.4 Å². The van der Waals surface area contributed by atoms with Gasteiger partial charge in [0.15, 0.2) is 0 Å². The van der Waals surface area contributed by atoms with Gasteiger partial charge in [0.05, 0.1) is 30.4 Å². The van der Waals surface area contributed by atoms with Gasteiger partial charge in [-0.05, 0) is 42.8 Å². The van der Waals surface area contributed by atoms with Gasteiger partial charge < -0.3 is 24.8 Å². The summed E-state index contributed by atoms with van der Waals surface area (Å²) in [4.78, 5) is 27.0. The zero-order valence-electron chi connectivity index (χ0n) is 16.3. The van der Waals surface area contributed by atoms with Crippen LogP contribution in [0.25, 0.3) is 0 Å². The normalized spacial score (nSPS) is 23.3. The van der Waals surface area contributed by atoms with E-state index in [1.807, 2.05) is 42.5 Å². The number of ether oxygens (including phenoxy) is 2. The molecule has 2 saturated heterocycles. The van der Waals surface area contributed by atoms with E-state index in [-0.39, 0.29) is 18.4 Å². The first kappa shape index (κ1) is 19.3. The van der Waals surface area contributed by atoms with Crippen LogP contribution in [0.2, 0.25) is 0 Å². The van der Waals surface area contributed by atoms with Crippen molar-refractivity contribution >= 4 is 23.3 Å². The smallest absolute Gasteiger partial charge is 0.311 e. The molecular weight excluding hydrogens is 372 g/mol. The molecule has 2 aromatic rings. The summed E-state index contributed by atoms with van der Waals surface area (Å²) in [6.45, 7) is 1.40. The van der Waals surface area contributed by atoms with Gasteiger partial charge in [-0.15, -0.1) is 0 Å². The highest BCUT2D eigenvalue weighted by Gasteiger charge is 2.55. The number of benzene rings is 2. The first-order valence-corrected chi connectivity index (χ1v) is 9.64. The lowest BCUT2D eigenvalue weighted by atomic mass is 9.74. The predicted octanol–water partition coefficient (Wildman–Crippen LogP) is 3.00. The van der Waals surface area contributed by atoms with Crippen molar-refractivity contribution in [3.05, 3.63) is 54.1 Å². The molecule has 1 amide bonds. The Hall–Kier alpha value is -3.06. The minimum absolute atomic E-state index is 0.170. The lowest BCUT2D eigenvalue weighted by Gasteiger charge is -2.33. The Morgan fingerprint density at radius 3 is 2.66 bits per heavy atom. The summed E-state index contributed by atoms with van der Waals surface area (Å²) in [7, 11) is 1.61. The molecule has 0 saturated carbocycles. The third-order valence-electron chi connectivity index (χ3n) is 5.95. The number of nitrogens with zero attached hydrogens (tertiary/aromatic N) is 1. The van der Waals surface area contributed by atoms with E-state index in [0.29, 0.717) is 37.4 Å². The number of methoxy groups -OCH3 is 1. The average Bonchev–Trinajstić information content (AvgIpc) is 3.15. The monoisotopic (exact) mass is 396 g/mol. The highest BCUT2D eigenvalue weighted by molar-refractivity contribution is 6.01. The number of fused-ring (bicyclic) bond motifs is 1. The number of carboxylic acid groups (broad SMARTS) is 1. The molecule has 2 aliphatic heterocycles. The van der Waals surface area contributed by atoms with Crippen LogP contribution in [0, 0.1) is 11.3 Å². The highest BCUT2D eigenvalue weighted by atomic mass is 16.5. The number of likely N-dealkylation sites (tertiary alicyclic amines) is 1. The van der Waals surface area contributed by atoms with Crippen LogP contribution in [0.1, 0.15) is 16.8 Å². The fourth-order valence-electron chi connectivity index (χ4n) is 4.23. The Morgan fingerprint density at radius 1 is 1.21 bits per heavy atom. The maximum absolute atomic E-state index is 13.3. The number of aliphatic carboxylic acids is 1. The minimum Gasteiger partial charge on any atom is -0.497 e. The van der Waals surface area contributed by atoms with Crippen LogP contribution in [0.15, 0.2) is 48.5 Å². The van der Waals surface area contributed by atoms with Crippen molar-refractivity contribution < 1.29 is 24.2 Å². The second-order valence-corrected chi connectivity index (χ2v) is 7.57. The minimum atomic E-state index is -0.910. The quantitative estimate of drug-likeness (QED) is 0.808. The summed E-state index contributed by atoms with van der Waals surface area (Å²) in [6.07, 6.45) is 0.433. The van der Waals surface area contributed by atoms with Crippen molar-refractivity contribution in [2.24, 2.45) is 11.3 Å². The van der Waals surface area contributed by atoms with Crippen molar-refractivity contribution in [1.29, 1.82) is 0 Å². The van der Waals surface area contributed by atoms with Crippen LogP contribution in [-0.2, 0) is 9.53 Å². The number of carboxylic acids is 1. The van der Waals surface area contributed by atoms with Gasteiger partial charge in [-0.3, -0.25) is 9.59 Å². The maximum Gasteiger partial charge on any atom is 0.311 e. The molecule has 2 heterocycles. The third kappa shape index (κ3) is 3.53. The largest absolute Gasteiger partial charge is 0.497 e. The average molecular weight is 396 g/mol. The zero-order valence-corrected chi connectivity index (χ0v) is 16.3. The predicted molar refractivity (Wildman–Crippen MR) is 108 cm³/mol. The molecule has 2 N–H and O–H groups in total. The number of carbonyl (C=O) groups excluding carboxylic acids is 1. The van der Waals surface area contributed by atoms with E-state index in [2.05, 4.69) is 5.32 Å². The molecule has 29 heavy (non-hydrogen) atoms. The van der Waals surface area contributed by atoms with E-state index in [9.17, 15) is 14.7 Å². The topological polar surface area (TPSA) is 88.1 Å². The second kappa shape index (κ2) is 7.75. The first-order chi connectivity index (χ1) is 14.0. The SMILES string of the molecule is COc1ccc(Nc2ccccc2C(=O)N2C[C@H]3COCC[C@@]3(C(=O)O)C2)cc1. The second-order valence-electron chi connectivity index (χ2n) is 7.57. The molecule has 7 nitrogen and oxygen atoms in total. The van der Waals surface area contributed by atoms with Gasteiger partial charge in [-0.2, -0.15) is 0 Å². The van der Waals surface area contributed by atoms with Gasteiger partial charge in [0, 0.05) is 31.3 Å². The molecule has 2 aromatic carbocycles. The van der Waals surface area contributed by atoms with Gasteiger partial charge in [0.2, 0.25) is 0 Å². The summed E-state index contributed by atoms with van der Waals surface area (Å²) in [6, 6.07) is 14.7. The standard InChI is InChI=1S/C22H24N2O5/c1-28-17-8-6-16(7-9-17)23-19-5-3-2-4-18(19)20(25)24-12-15-13-29-11-10-22(15,14-24)21(26)27/h2-9,15,23H,10-14H2,1H3,(H,26,27)/t15-,22+/m0/s1. The lowest BCUT2D eigenvalue weighted by molar-refractivity contribution is -0.157. The number of anilines is 2. The molecule has 2 aliphatic rings. The lowest BCUT2D eigenvalue weighted by Crippen LogP contribution is -2.45. The van der Waals surface area contributed by atoms with Crippen molar-refractivity contribution in [2.75, 3.05) is 38.7 Å². The number of amides is 1. The Balaban J connectivity index is 1.57. The Morgan fingerprint density at radius 2 is 1.97 bits per heavy atom. The van der Waals surface area contributed by atoms with E-state index in [1.165, 1.54) is 0 Å². The van der Waals surface area contributed by atoms with E-state index >= 15 is 0 Å². The number of para-hydroxylation sites is 1. The fourth-order valence-corrected chi connectivity index (χ4v) is 4.23. The molecule has 0 spiro atoms. The third-order valence-corrected chi connectivity index (χ3v) is 5.95. The molecule has 0 unspecified atom stereocenters. The van der Waals surface area contributed by atoms with Gasteiger partial charge in [-0.1, -0.05) is 12.1 Å². The van der Waals surface area contributed by atoms with Gasteiger partial charge in [-0.25, -0.2) is 0 Å². The molecule has 0 bridgehead atoms. The highest BCUT2D eigenvalue weighted by Crippen LogP contribution is 2.43. The molecule has 2 fully saturated rings. The van der Waals surface area contributed by atoms with Gasteiger partial charge in [0.25, 0.3) is 5.91 Å². The first-order valence-electron chi connectivity index (χ1n) is 9.64.